The van der Waals surface area contributed by atoms with Gasteiger partial charge in [0.1, 0.15) is 5.82 Å². The summed E-state index contributed by atoms with van der Waals surface area (Å²) in [5.74, 6) is 0.566. The van der Waals surface area contributed by atoms with Gasteiger partial charge in [0, 0.05) is 12.0 Å². The zero-order valence-corrected chi connectivity index (χ0v) is 8.46. The van der Waals surface area contributed by atoms with Crippen LogP contribution < -0.4 is 5.73 Å². The first-order chi connectivity index (χ1) is 6.66. The summed E-state index contributed by atoms with van der Waals surface area (Å²) in [4.78, 5) is 0. The van der Waals surface area contributed by atoms with E-state index in [-0.39, 0.29) is 11.2 Å². The molecule has 1 aliphatic carbocycles. The molecule has 1 aromatic rings. The average molecular weight is 193 g/mol. The number of nitrogens with two attached hydrogens (primary N) is 1. The Labute approximate surface area is 84.1 Å². The van der Waals surface area contributed by atoms with Crippen molar-refractivity contribution >= 4 is 0 Å². The third kappa shape index (κ3) is 1.44. The second-order valence-electron chi connectivity index (χ2n) is 4.51. The lowest BCUT2D eigenvalue weighted by molar-refractivity contribution is 0.164. The summed E-state index contributed by atoms with van der Waals surface area (Å²) < 4.78 is 13.1. The first-order valence-electron chi connectivity index (χ1n) is 5.12. The Hall–Kier alpha value is -0.890. The summed E-state index contributed by atoms with van der Waals surface area (Å²) in [7, 11) is 0. The highest BCUT2D eigenvalue weighted by Crippen LogP contribution is 2.46. The lowest BCUT2D eigenvalue weighted by atomic mass is 9.59. The van der Waals surface area contributed by atoms with Crippen LogP contribution in [0.4, 0.5) is 4.39 Å². The molecule has 0 spiro atoms. The first kappa shape index (κ1) is 9.66. The second kappa shape index (κ2) is 3.35. The molecule has 2 N–H and O–H groups in total. The summed E-state index contributed by atoms with van der Waals surface area (Å²) in [6, 6.07) is 6.86. The molecule has 0 atom stereocenters. The van der Waals surface area contributed by atoms with E-state index in [1.807, 2.05) is 6.07 Å². The molecule has 2 rings (SSSR count). The number of hydrogen-bond acceptors (Lipinski definition) is 1. The van der Waals surface area contributed by atoms with Crippen LogP contribution in [0, 0.1) is 11.7 Å². The lowest BCUT2D eigenvalue weighted by Gasteiger charge is -2.46. The Balaban J connectivity index is 2.29. The van der Waals surface area contributed by atoms with Gasteiger partial charge in [0.2, 0.25) is 0 Å². The largest absolute Gasteiger partial charge is 0.330 e. The molecule has 0 aliphatic heterocycles. The molecule has 1 fully saturated rings. The molecule has 1 aliphatic rings. The second-order valence-corrected chi connectivity index (χ2v) is 4.51. The quantitative estimate of drug-likeness (QED) is 0.767. The zero-order valence-electron chi connectivity index (χ0n) is 8.46. The van der Waals surface area contributed by atoms with Gasteiger partial charge in [-0.15, -0.1) is 0 Å². The van der Waals surface area contributed by atoms with Crippen LogP contribution in [0.2, 0.25) is 0 Å². The van der Waals surface area contributed by atoms with E-state index < -0.39 is 0 Å². The molecule has 1 saturated carbocycles. The van der Waals surface area contributed by atoms with Gasteiger partial charge in [0.25, 0.3) is 0 Å². The molecule has 0 saturated heterocycles. The molecule has 0 aromatic heterocycles. The first-order valence-corrected chi connectivity index (χ1v) is 5.12. The third-order valence-electron chi connectivity index (χ3n) is 3.31. The van der Waals surface area contributed by atoms with Gasteiger partial charge in [0.05, 0.1) is 0 Å². The Kier molecular flexibility index (Phi) is 2.31. The number of rotatable bonds is 2. The maximum Gasteiger partial charge on any atom is 0.123 e. The minimum atomic E-state index is -0.158. The van der Waals surface area contributed by atoms with E-state index >= 15 is 0 Å². The van der Waals surface area contributed by atoms with Crippen molar-refractivity contribution in [2.24, 2.45) is 11.7 Å². The lowest BCUT2D eigenvalue weighted by Crippen LogP contribution is -2.46. The van der Waals surface area contributed by atoms with Crippen LogP contribution in [-0.2, 0) is 5.41 Å². The molecular formula is C12H16FN. The van der Waals surface area contributed by atoms with Crippen molar-refractivity contribution in [3.63, 3.8) is 0 Å². The summed E-state index contributed by atoms with van der Waals surface area (Å²) in [6.45, 7) is 2.84. The smallest absolute Gasteiger partial charge is 0.123 e. The van der Waals surface area contributed by atoms with Crippen LogP contribution in [0.15, 0.2) is 24.3 Å². The molecule has 0 unspecified atom stereocenters. The Morgan fingerprint density at radius 2 is 2.21 bits per heavy atom. The highest BCUT2D eigenvalue weighted by molar-refractivity contribution is 5.29. The predicted molar refractivity (Wildman–Crippen MR) is 55.5 cm³/mol. The van der Waals surface area contributed by atoms with E-state index in [0.29, 0.717) is 6.54 Å². The molecule has 0 amide bonds. The van der Waals surface area contributed by atoms with Crippen LogP contribution in [0.3, 0.4) is 0 Å². The molecule has 0 heterocycles. The van der Waals surface area contributed by atoms with Gasteiger partial charge in [-0.2, -0.15) is 0 Å². The SMILES string of the molecule is CC1CC(CN)(c2cccc(F)c2)C1. The van der Waals surface area contributed by atoms with Gasteiger partial charge in [-0.25, -0.2) is 4.39 Å². The van der Waals surface area contributed by atoms with Gasteiger partial charge in [0.15, 0.2) is 0 Å². The Bertz CT molecular complexity index is 329. The monoisotopic (exact) mass is 193 g/mol. The van der Waals surface area contributed by atoms with Gasteiger partial charge in [-0.1, -0.05) is 19.1 Å². The van der Waals surface area contributed by atoms with E-state index in [9.17, 15) is 4.39 Å². The van der Waals surface area contributed by atoms with Gasteiger partial charge >= 0.3 is 0 Å². The van der Waals surface area contributed by atoms with Crippen molar-refractivity contribution in [2.45, 2.75) is 25.2 Å². The van der Waals surface area contributed by atoms with E-state index in [4.69, 9.17) is 5.73 Å². The Morgan fingerprint density at radius 3 is 2.71 bits per heavy atom. The van der Waals surface area contributed by atoms with Crippen LogP contribution in [0.25, 0.3) is 0 Å². The zero-order chi connectivity index (χ0) is 10.2. The molecular weight excluding hydrogens is 177 g/mol. The topological polar surface area (TPSA) is 26.0 Å². The van der Waals surface area contributed by atoms with Crippen LogP contribution in [0.5, 0.6) is 0 Å². The van der Waals surface area contributed by atoms with Crippen LogP contribution >= 0.6 is 0 Å². The molecule has 0 bridgehead atoms. The van der Waals surface area contributed by atoms with Gasteiger partial charge in [-0.3, -0.25) is 0 Å². The highest BCUT2D eigenvalue weighted by Gasteiger charge is 2.42. The molecule has 14 heavy (non-hydrogen) atoms. The molecule has 1 nitrogen and oxygen atoms in total. The third-order valence-corrected chi connectivity index (χ3v) is 3.31. The van der Waals surface area contributed by atoms with Crippen molar-refractivity contribution in [3.05, 3.63) is 35.6 Å². The standard InChI is InChI=1S/C12H16FN/c1-9-6-12(7-9,8-14)10-3-2-4-11(13)5-10/h2-5,9H,6-8,14H2,1H3. The summed E-state index contributed by atoms with van der Waals surface area (Å²) in [5.41, 5.74) is 6.92. The summed E-state index contributed by atoms with van der Waals surface area (Å²) in [6.07, 6.45) is 2.18. The number of halogens is 1. The van der Waals surface area contributed by atoms with Crippen molar-refractivity contribution in [1.29, 1.82) is 0 Å². The molecule has 2 heteroatoms. The van der Waals surface area contributed by atoms with E-state index in [1.54, 1.807) is 12.1 Å². The maximum atomic E-state index is 13.1. The average Bonchev–Trinajstić information content (AvgIpc) is 2.12. The predicted octanol–water partition coefficient (Wildman–Crippen LogP) is 2.45. The van der Waals surface area contributed by atoms with Gasteiger partial charge < -0.3 is 5.73 Å². The van der Waals surface area contributed by atoms with E-state index in [1.165, 1.54) is 6.07 Å². The summed E-state index contributed by atoms with van der Waals surface area (Å²) >= 11 is 0. The van der Waals surface area contributed by atoms with Crippen molar-refractivity contribution in [3.8, 4) is 0 Å². The van der Waals surface area contributed by atoms with Crippen molar-refractivity contribution in [2.75, 3.05) is 6.54 Å². The van der Waals surface area contributed by atoms with Crippen LogP contribution in [-0.4, -0.2) is 6.54 Å². The normalized spacial score (nSPS) is 31.2. The minimum absolute atomic E-state index is 0.0571. The number of benzene rings is 1. The van der Waals surface area contributed by atoms with E-state index in [0.717, 1.165) is 24.3 Å². The fourth-order valence-electron chi connectivity index (χ4n) is 2.61. The van der Waals surface area contributed by atoms with Crippen molar-refractivity contribution < 1.29 is 4.39 Å². The van der Waals surface area contributed by atoms with Gasteiger partial charge in [-0.05, 0) is 36.5 Å². The van der Waals surface area contributed by atoms with E-state index in [2.05, 4.69) is 6.92 Å². The number of hydrogen-bond donors (Lipinski definition) is 1. The highest BCUT2D eigenvalue weighted by atomic mass is 19.1. The molecule has 0 radical (unpaired) electrons. The van der Waals surface area contributed by atoms with Crippen molar-refractivity contribution in [1.82, 2.24) is 0 Å². The molecule has 1 aromatic carbocycles. The fraction of sp³-hybridized carbons (Fsp3) is 0.500. The Morgan fingerprint density at radius 1 is 1.50 bits per heavy atom. The summed E-state index contributed by atoms with van der Waals surface area (Å²) in [5, 5.41) is 0. The fourth-order valence-corrected chi connectivity index (χ4v) is 2.61. The maximum absolute atomic E-state index is 13.1. The molecule has 76 valence electrons. The minimum Gasteiger partial charge on any atom is -0.330 e. The van der Waals surface area contributed by atoms with Crippen LogP contribution in [0.1, 0.15) is 25.3 Å².